The number of ether oxygens (including phenoxy) is 1. The quantitative estimate of drug-likeness (QED) is 0.755. The van der Waals surface area contributed by atoms with E-state index in [2.05, 4.69) is 15.4 Å². The van der Waals surface area contributed by atoms with Gasteiger partial charge in [0.25, 0.3) is 0 Å². The second-order valence-corrected chi connectivity index (χ2v) is 5.59. The third-order valence-corrected chi connectivity index (χ3v) is 3.64. The molecule has 24 heavy (non-hydrogen) atoms. The largest absolute Gasteiger partial charge is 0.465 e. The lowest BCUT2D eigenvalue weighted by molar-refractivity contribution is -0.121. The molecule has 0 aliphatic rings. The van der Waals surface area contributed by atoms with E-state index >= 15 is 0 Å². The van der Waals surface area contributed by atoms with E-state index < -0.39 is 0 Å². The first kappa shape index (κ1) is 17.8. The molecule has 2 rings (SSSR count). The van der Waals surface area contributed by atoms with Crippen LogP contribution >= 0.6 is 11.6 Å². The number of rotatable bonds is 7. The van der Waals surface area contributed by atoms with Crippen LogP contribution in [0.2, 0.25) is 5.02 Å². The highest BCUT2D eigenvalue weighted by Gasteiger charge is 2.05. The summed E-state index contributed by atoms with van der Waals surface area (Å²) in [4.78, 5) is 23.2. The van der Waals surface area contributed by atoms with Crippen LogP contribution in [0.4, 0.5) is 5.69 Å². The van der Waals surface area contributed by atoms with Crippen molar-refractivity contribution in [1.29, 1.82) is 0 Å². The molecule has 0 heterocycles. The number of esters is 1. The molecule has 0 fully saturated rings. The van der Waals surface area contributed by atoms with Crippen LogP contribution in [0.15, 0.2) is 48.5 Å². The summed E-state index contributed by atoms with van der Waals surface area (Å²) in [6.45, 7) is 0.980. The predicted molar refractivity (Wildman–Crippen MR) is 94.2 cm³/mol. The lowest BCUT2D eigenvalue weighted by atomic mass is 10.2. The van der Waals surface area contributed by atoms with Gasteiger partial charge in [-0.3, -0.25) is 4.79 Å². The van der Waals surface area contributed by atoms with E-state index in [1.165, 1.54) is 7.11 Å². The maximum Gasteiger partial charge on any atom is 0.337 e. The number of carbonyl (C=O) groups is 2. The van der Waals surface area contributed by atoms with E-state index in [-0.39, 0.29) is 11.9 Å². The van der Waals surface area contributed by atoms with Crippen molar-refractivity contribution >= 4 is 29.2 Å². The number of hydrogen-bond donors (Lipinski definition) is 2. The van der Waals surface area contributed by atoms with Crippen LogP contribution in [0, 0.1) is 0 Å². The summed E-state index contributed by atoms with van der Waals surface area (Å²) < 4.78 is 4.64. The van der Waals surface area contributed by atoms with Crippen LogP contribution in [0.1, 0.15) is 22.3 Å². The number of hydrogen-bond acceptors (Lipinski definition) is 4. The highest BCUT2D eigenvalue weighted by atomic mass is 35.5. The highest BCUT2D eigenvalue weighted by molar-refractivity contribution is 6.30. The van der Waals surface area contributed by atoms with Gasteiger partial charge in [-0.1, -0.05) is 23.7 Å². The molecule has 2 aromatic carbocycles. The Balaban J connectivity index is 1.70. The van der Waals surface area contributed by atoms with Gasteiger partial charge in [0.05, 0.1) is 12.7 Å². The fourth-order valence-electron chi connectivity index (χ4n) is 2.05. The van der Waals surface area contributed by atoms with Crippen molar-refractivity contribution in [2.45, 2.75) is 13.0 Å². The van der Waals surface area contributed by atoms with E-state index in [1.807, 2.05) is 12.1 Å². The second kappa shape index (κ2) is 8.93. The Bertz CT molecular complexity index is 684. The number of halogens is 1. The monoisotopic (exact) mass is 346 g/mol. The minimum atomic E-state index is -0.372. The minimum absolute atomic E-state index is 0.0383. The first-order valence-electron chi connectivity index (χ1n) is 7.52. The Morgan fingerprint density at radius 3 is 2.33 bits per heavy atom. The summed E-state index contributed by atoms with van der Waals surface area (Å²) in [5, 5.41) is 6.66. The van der Waals surface area contributed by atoms with Crippen LogP contribution in [0.5, 0.6) is 0 Å². The smallest absolute Gasteiger partial charge is 0.337 e. The summed E-state index contributed by atoms with van der Waals surface area (Å²) >= 11 is 5.82. The minimum Gasteiger partial charge on any atom is -0.465 e. The third kappa shape index (κ3) is 5.59. The van der Waals surface area contributed by atoms with Crippen molar-refractivity contribution in [2.75, 3.05) is 19.0 Å². The average Bonchev–Trinajstić information content (AvgIpc) is 2.61. The van der Waals surface area contributed by atoms with Crippen molar-refractivity contribution in [3.8, 4) is 0 Å². The Labute approximate surface area is 146 Å². The molecule has 0 spiro atoms. The molecule has 1 amide bonds. The molecule has 0 saturated carbocycles. The molecule has 0 bridgehead atoms. The SMILES string of the molecule is COC(=O)c1ccc(NCCC(=O)NCc2ccc(Cl)cc2)cc1. The summed E-state index contributed by atoms with van der Waals surface area (Å²) in [6, 6.07) is 14.2. The molecular formula is C18H19ClN2O3. The van der Waals surface area contributed by atoms with Crippen LogP contribution in [-0.4, -0.2) is 25.5 Å². The van der Waals surface area contributed by atoms with Crippen LogP contribution in [0.25, 0.3) is 0 Å². The third-order valence-electron chi connectivity index (χ3n) is 3.39. The molecule has 0 radical (unpaired) electrons. The maximum absolute atomic E-state index is 11.8. The summed E-state index contributed by atoms with van der Waals surface area (Å²) in [5.41, 5.74) is 2.33. The zero-order valence-electron chi connectivity index (χ0n) is 13.3. The van der Waals surface area contributed by atoms with Crippen molar-refractivity contribution in [3.63, 3.8) is 0 Å². The van der Waals surface area contributed by atoms with Crippen molar-refractivity contribution in [3.05, 3.63) is 64.7 Å². The van der Waals surface area contributed by atoms with Gasteiger partial charge in [-0.15, -0.1) is 0 Å². The zero-order chi connectivity index (χ0) is 17.4. The van der Waals surface area contributed by atoms with Gasteiger partial charge in [0.2, 0.25) is 5.91 Å². The lowest BCUT2D eigenvalue weighted by Crippen LogP contribution is -2.24. The topological polar surface area (TPSA) is 67.4 Å². The Hall–Kier alpha value is -2.53. The number of methoxy groups -OCH3 is 1. The van der Waals surface area contributed by atoms with Crippen LogP contribution < -0.4 is 10.6 Å². The van der Waals surface area contributed by atoms with E-state index in [1.54, 1.807) is 36.4 Å². The molecule has 0 saturated heterocycles. The molecule has 2 aromatic rings. The first-order chi connectivity index (χ1) is 11.6. The number of nitrogens with one attached hydrogen (secondary N) is 2. The summed E-state index contributed by atoms with van der Waals surface area (Å²) in [5.74, 6) is -0.410. The number of anilines is 1. The standard InChI is InChI=1S/C18H19ClN2O3/c1-24-18(23)14-4-8-16(9-5-14)20-11-10-17(22)21-12-13-2-6-15(19)7-3-13/h2-9,20H,10-12H2,1H3,(H,21,22). The Morgan fingerprint density at radius 2 is 1.71 bits per heavy atom. The fourth-order valence-corrected chi connectivity index (χ4v) is 2.18. The average molecular weight is 347 g/mol. The molecule has 0 aromatic heterocycles. The van der Waals surface area contributed by atoms with E-state index in [0.29, 0.717) is 30.1 Å². The van der Waals surface area contributed by atoms with E-state index in [9.17, 15) is 9.59 Å². The zero-order valence-corrected chi connectivity index (χ0v) is 14.1. The Morgan fingerprint density at radius 1 is 1.04 bits per heavy atom. The lowest BCUT2D eigenvalue weighted by Gasteiger charge is -2.08. The molecular weight excluding hydrogens is 328 g/mol. The molecule has 2 N–H and O–H groups in total. The predicted octanol–water partition coefficient (Wildman–Crippen LogP) is 3.25. The molecule has 0 atom stereocenters. The first-order valence-corrected chi connectivity index (χ1v) is 7.89. The molecule has 126 valence electrons. The second-order valence-electron chi connectivity index (χ2n) is 5.15. The highest BCUT2D eigenvalue weighted by Crippen LogP contribution is 2.11. The van der Waals surface area contributed by atoms with Crippen LogP contribution in [0.3, 0.4) is 0 Å². The Kier molecular flexibility index (Phi) is 6.63. The van der Waals surface area contributed by atoms with Crippen molar-refractivity contribution in [2.24, 2.45) is 0 Å². The van der Waals surface area contributed by atoms with Gasteiger partial charge in [0, 0.05) is 30.2 Å². The number of amides is 1. The number of carbonyl (C=O) groups excluding carboxylic acids is 2. The van der Waals surface area contributed by atoms with Gasteiger partial charge in [-0.2, -0.15) is 0 Å². The molecule has 0 aliphatic heterocycles. The van der Waals surface area contributed by atoms with E-state index in [4.69, 9.17) is 11.6 Å². The molecule has 0 unspecified atom stereocenters. The van der Waals surface area contributed by atoms with Gasteiger partial charge in [-0.25, -0.2) is 4.79 Å². The normalized spacial score (nSPS) is 10.1. The molecule has 5 nitrogen and oxygen atoms in total. The van der Waals surface area contributed by atoms with Gasteiger partial charge >= 0.3 is 5.97 Å². The summed E-state index contributed by atoms with van der Waals surface area (Å²) in [7, 11) is 1.34. The van der Waals surface area contributed by atoms with Gasteiger partial charge in [0.15, 0.2) is 0 Å². The maximum atomic E-state index is 11.8. The van der Waals surface area contributed by atoms with Crippen molar-refractivity contribution in [1.82, 2.24) is 5.32 Å². The van der Waals surface area contributed by atoms with Gasteiger partial charge < -0.3 is 15.4 Å². The van der Waals surface area contributed by atoms with Crippen LogP contribution in [-0.2, 0) is 16.1 Å². The van der Waals surface area contributed by atoms with E-state index in [0.717, 1.165) is 11.3 Å². The number of benzene rings is 2. The fraction of sp³-hybridized carbons (Fsp3) is 0.222. The molecule has 6 heteroatoms. The van der Waals surface area contributed by atoms with Crippen molar-refractivity contribution < 1.29 is 14.3 Å². The molecule has 0 aliphatic carbocycles. The summed E-state index contributed by atoms with van der Waals surface area (Å²) in [6.07, 6.45) is 0.354. The van der Waals surface area contributed by atoms with Gasteiger partial charge in [-0.05, 0) is 42.0 Å². The van der Waals surface area contributed by atoms with Gasteiger partial charge in [0.1, 0.15) is 0 Å².